The minimum atomic E-state index is -0.944. The number of aromatic carboxylic acids is 1. The molecule has 2 rings (SSSR count). The summed E-state index contributed by atoms with van der Waals surface area (Å²) in [6.45, 7) is 0. The summed E-state index contributed by atoms with van der Waals surface area (Å²) in [6, 6.07) is 12.6. The Morgan fingerprint density at radius 3 is 2.68 bits per heavy atom. The van der Waals surface area contributed by atoms with Crippen LogP contribution in [0.2, 0.25) is 0 Å². The van der Waals surface area contributed by atoms with E-state index < -0.39 is 5.97 Å². The van der Waals surface area contributed by atoms with Crippen LogP contribution >= 0.6 is 27.7 Å². The third-order valence-corrected chi connectivity index (χ3v) is 3.98. The lowest BCUT2D eigenvalue weighted by molar-refractivity contribution is 0.0693. The Morgan fingerprint density at radius 1 is 1.26 bits per heavy atom. The van der Waals surface area contributed by atoms with Crippen molar-refractivity contribution in [3.8, 4) is 5.75 Å². The Bertz CT molecular complexity index is 613. The standard InChI is InChI=1S/C14H11BrO3S/c1-18-10-5-6-12(14(16)17)13(8-10)19-11-4-2-3-9(15)7-11/h2-8H,1H3,(H,16,17). The van der Waals surface area contributed by atoms with Gasteiger partial charge >= 0.3 is 5.97 Å². The minimum absolute atomic E-state index is 0.269. The van der Waals surface area contributed by atoms with Gasteiger partial charge in [-0.1, -0.05) is 33.8 Å². The summed E-state index contributed by atoms with van der Waals surface area (Å²) in [5.74, 6) is -0.303. The summed E-state index contributed by atoms with van der Waals surface area (Å²) >= 11 is 4.79. The normalized spacial score (nSPS) is 10.2. The monoisotopic (exact) mass is 338 g/mol. The molecule has 0 aliphatic heterocycles. The lowest BCUT2D eigenvalue weighted by Gasteiger charge is -2.08. The third-order valence-electron chi connectivity index (χ3n) is 2.44. The number of methoxy groups -OCH3 is 1. The largest absolute Gasteiger partial charge is 0.497 e. The molecular formula is C14H11BrO3S. The highest BCUT2D eigenvalue weighted by atomic mass is 79.9. The molecule has 19 heavy (non-hydrogen) atoms. The SMILES string of the molecule is COc1ccc(C(=O)O)c(Sc2cccc(Br)c2)c1. The smallest absolute Gasteiger partial charge is 0.336 e. The molecule has 0 saturated carbocycles. The van der Waals surface area contributed by atoms with E-state index in [0.717, 1.165) is 9.37 Å². The molecule has 5 heteroatoms. The number of halogens is 1. The fourth-order valence-electron chi connectivity index (χ4n) is 1.55. The van der Waals surface area contributed by atoms with Crippen LogP contribution in [-0.4, -0.2) is 18.2 Å². The van der Waals surface area contributed by atoms with Crippen LogP contribution in [0.15, 0.2) is 56.7 Å². The average Bonchev–Trinajstić information content (AvgIpc) is 2.38. The second-order valence-corrected chi connectivity index (χ2v) is 5.76. The topological polar surface area (TPSA) is 46.5 Å². The predicted molar refractivity (Wildman–Crippen MR) is 78.2 cm³/mol. The van der Waals surface area contributed by atoms with Crippen molar-refractivity contribution in [2.45, 2.75) is 9.79 Å². The highest BCUT2D eigenvalue weighted by Crippen LogP contribution is 2.34. The van der Waals surface area contributed by atoms with Gasteiger partial charge in [-0.15, -0.1) is 0 Å². The summed E-state index contributed by atoms with van der Waals surface area (Å²) in [5.41, 5.74) is 0.269. The van der Waals surface area contributed by atoms with E-state index in [4.69, 9.17) is 4.74 Å². The highest BCUT2D eigenvalue weighted by Gasteiger charge is 2.12. The lowest BCUT2D eigenvalue weighted by Crippen LogP contribution is -1.99. The van der Waals surface area contributed by atoms with E-state index in [2.05, 4.69) is 15.9 Å². The molecule has 0 fully saturated rings. The van der Waals surface area contributed by atoms with Crippen LogP contribution in [0.3, 0.4) is 0 Å². The van der Waals surface area contributed by atoms with Crippen molar-refractivity contribution in [2.24, 2.45) is 0 Å². The Balaban J connectivity index is 2.39. The summed E-state index contributed by atoms with van der Waals surface area (Å²) in [4.78, 5) is 12.8. The third kappa shape index (κ3) is 3.52. The molecule has 0 bridgehead atoms. The number of hydrogen-bond acceptors (Lipinski definition) is 3. The minimum Gasteiger partial charge on any atom is -0.497 e. The summed E-state index contributed by atoms with van der Waals surface area (Å²) < 4.78 is 6.09. The van der Waals surface area contributed by atoms with Crippen molar-refractivity contribution >= 4 is 33.7 Å². The second-order valence-electron chi connectivity index (χ2n) is 3.73. The molecule has 0 atom stereocenters. The van der Waals surface area contributed by atoms with Crippen LogP contribution in [0.25, 0.3) is 0 Å². The molecule has 2 aromatic carbocycles. The molecule has 0 aromatic heterocycles. The van der Waals surface area contributed by atoms with Crippen LogP contribution in [0.4, 0.5) is 0 Å². The quantitative estimate of drug-likeness (QED) is 0.902. The van der Waals surface area contributed by atoms with Crippen LogP contribution in [0, 0.1) is 0 Å². The predicted octanol–water partition coefficient (Wildman–Crippen LogP) is 4.31. The molecule has 0 heterocycles. The molecule has 0 aliphatic carbocycles. The van der Waals surface area contributed by atoms with E-state index in [0.29, 0.717) is 10.6 Å². The molecule has 0 saturated heterocycles. The Hall–Kier alpha value is -1.46. The maximum atomic E-state index is 11.2. The molecule has 2 aromatic rings. The van der Waals surface area contributed by atoms with Gasteiger partial charge in [0.2, 0.25) is 0 Å². The van der Waals surface area contributed by atoms with Crippen LogP contribution in [-0.2, 0) is 0 Å². The first-order valence-corrected chi connectivity index (χ1v) is 7.06. The van der Waals surface area contributed by atoms with E-state index in [9.17, 15) is 9.90 Å². The van der Waals surface area contributed by atoms with Gasteiger partial charge in [0, 0.05) is 14.3 Å². The van der Waals surface area contributed by atoms with Crippen molar-refractivity contribution < 1.29 is 14.6 Å². The van der Waals surface area contributed by atoms with Gasteiger partial charge in [0.1, 0.15) is 5.75 Å². The number of benzene rings is 2. The maximum Gasteiger partial charge on any atom is 0.336 e. The summed E-state index contributed by atoms with van der Waals surface area (Å²) in [6.07, 6.45) is 0. The Labute approximate surface area is 123 Å². The Kier molecular flexibility index (Phi) is 4.50. The fraction of sp³-hybridized carbons (Fsp3) is 0.0714. The number of ether oxygens (including phenoxy) is 1. The summed E-state index contributed by atoms with van der Waals surface area (Å²) in [5, 5.41) is 9.20. The van der Waals surface area contributed by atoms with E-state index in [1.54, 1.807) is 25.3 Å². The van der Waals surface area contributed by atoms with Crippen LogP contribution in [0.1, 0.15) is 10.4 Å². The molecule has 98 valence electrons. The number of carboxylic acids is 1. The van der Waals surface area contributed by atoms with E-state index in [-0.39, 0.29) is 5.56 Å². The van der Waals surface area contributed by atoms with Gasteiger partial charge in [-0.3, -0.25) is 0 Å². The fourth-order valence-corrected chi connectivity index (χ4v) is 3.13. The molecule has 3 nitrogen and oxygen atoms in total. The zero-order valence-electron chi connectivity index (χ0n) is 10.1. The first kappa shape index (κ1) is 14.0. The van der Waals surface area contributed by atoms with Crippen molar-refractivity contribution in [3.05, 3.63) is 52.5 Å². The van der Waals surface area contributed by atoms with E-state index in [1.165, 1.54) is 11.8 Å². The molecule has 0 spiro atoms. The van der Waals surface area contributed by atoms with Gasteiger partial charge in [0.05, 0.1) is 12.7 Å². The van der Waals surface area contributed by atoms with Gasteiger partial charge in [0.25, 0.3) is 0 Å². The first-order valence-electron chi connectivity index (χ1n) is 5.45. The molecule has 1 N–H and O–H groups in total. The van der Waals surface area contributed by atoms with Crippen molar-refractivity contribution in [2.75, 3.05) is 7.11 Å². The zero-order valence-corrected chi connectivity index (χ0v) is 12.5. The molecule has 0 unspecified atom stereocenters. The number of carbonyl (C=O) groups is 1. The van der Waals surface area contributed by atoms with Crippen molar-refractivity contribution in [1.82, 2.24) is 0 Å². The zero-order chi connectivity index (χ0) is 13.8. The van der Waals surface area contributed by atoms with Gasteiger partial charge in [-0.05, 0) is 36.4 Å². The average molecular weight is 339 g/mol. The van der Waals surface area contributed by atoms with Gasteiger partial charge in [-0.25, -0.2) is 4.79 Å². The van der Waals surface area contributed by atoms with Crippen molar-refractivity contribution in [3.63, 3.8) is 0 Å². The van der Waals surface area contributed by atoms with Crippen molar-refractivity contribution in [1.29, 1.82) is 0 Å². The maximum absolute atomic E-state index is 11.2. The number of carboxylic acid groups (broad SMARTS) is 1. The number of rotatable bonds is 4. The molecular weight excluding hydrogens is 328 g/mol. The van der Waals surface area contributed by atoms with E-state index >= 15 is 0 Å². The van der Waals surface area contributed by atoms with E-state index in [1.807, 2.05) is 24.3 Å². The Morgan fingerprint density at radius 2 is 2.05 bits per heavy atom. The summed E-state index contributed by atoms with van der Waals surface area (Å²) in [7, 11) is 1.56. The van der Waals surface area contributed by atoms with Gasteiger partial charge in [-0.2, -0.15) is 0 Å². The first-order chi connectivity index (χ1) is 9.10. The molecule has 0 amide bonds. The second kappa shape index (κ2) is 6.12. The molecule has 0 aliphatic rings. The highest BCUT2D eigenvalue weighted by molar-refractivity contribution is 9.10. The lowest BCUT2D eigenvalue weighted by atomic mass is 10.2. The molecule has 0 radical (unpaired) electrons. The van der Waals surface area contributed by atoms with Gasteiger partial charge < -0.3 is 9.84 Å². The van der Waals surface area contributed by atoms with Crippen LogP contribution in [0.5, 0.6) is 5.75 Å². The van der Waals surface area contributed by atoms with Gasteiger partial charge in [0.15, 0.2) is 0 Å². The van der Waals surface area contributed by atoms with Crippen LogP contribution < -0.4 is 4.74 Å². The number of hydrogen-bond donors (Lipinski definition) is 1.